The Morgan fingerprint density at radius 3 is 2.72 bits per heavy atom. The molecular formula is C23H24N4O2. The van der Waals surface area contributed by atoms with Crippen LogP contribution in [0.4, 0.5) is 11.5 Å². The monoisotopic (exact) mass is 388 g/mol. The molecule has 6 heteroatoms. The Kier molecular flexibility index (Phi) is 5.72. The lowest BCUT2D eigenvalue weighted by atomic mass is 10.2. The van der Waals surface area contributed by atoms with E-state index < -0.39 is 0 Å². The molecule has 4 rings (SSSR count). The summed E-state index contributed by atoms with van der Waals surface area (Å²) in [5.41, 5.74) is 2.37. The van der Waals surface area contributed by atoms with Gasteiger partial charge in [-0.1, -0.05) is 30.3 Å². The quantitative estimate of drug-likeness (QED) is 0.603. The molecule has 1 amide bonds. The number of phenolic OH excluding ortho intramolecular Hbond substituents is 1. The fourth-order valence-electron chi connectivity index (χ4n) is 3.50. The minimum Gasteiger partial charge on any atom is -0.508 e. The van der Waals surface area contributed by atoms with Gasteiger partial charge in [0.25, 0.3) is 5.91 Å². The molecule has 3 aromatic rings. The molecule has 0 radical (unpaired) electrons. The zero-order valence-corrected chi connectivity index (χ0v) is 16.1. The van der Waals surface area contributed by atoms with Crippen LogP contribution >= 0.6 is 0 Å². The lowest BCUT2D eigenvalue weighted by molar-refractivity contribution is 0.102. The van der Waals surface area contributed by atoms with Gasteiger partial charge in [-0.25, -0.2) is 4.98 Å². The normalized spacial score (nSPS) is 16.0. The summed E-state index contributed by atoms with van der Waals surface area (Å²) in [6.45, 7) is 2.50. The lowest BCUT2D eigenvalue weighted by Crippen LogP contribution is -2.32. The molecule has 2 aromatic carbocycles. The van der Waals surface area contributed by atoms with Crippen LogP contribution < -0.4 is 15.5 Å². The molecule has 6 nitrogen and oxygen atoms in total. The highest BCUT2D eigenvalue weighted by Crippen LogP contribution is 2.19. The summed E-state index contributed by atoms with van der Waals surface area (Å²) in [5.74, 6) is 1.00. The number of aromatic hydroxyl groups is 1. The van der Waals surface area contributed by atoms with Gasteiger partial charge in [-0.3, -0.25) is 4.79 Å². The molecule has 1 unspecified atom stereocenters. The van der Waals surface area contributed by atoms with E-state index in [4.69, 9.17) is 0 Å². The fraction of sp³-hybridized carbons (Fsp3) is 0.217. The number of hydrogen-bond acceptors (Lipinski definition) is 5. The van der Waals surface area contributed by atoms with Gasteiger partial charge in [0.15, 0.2) is 0 Å². The molecule has 1 fully saturated rings. The van der Waals surface area contributed by atoms with E-state index >= 15 is 0 Å². The van der Waals surface area contributed by atoms with Gasteiger partial charge >= 0.3 is 0 Å². The number of hydrogen-bond donors (Lipinski definition) is 3. The van der Waals surface area contributed by atoms with Crippen molar-refractivity contribution >= 4 is 17.4 Å². The number of anilines is 2. The number of aromatic nitrogens is 1. The van der Waals surface area contributed by atoms with Crippen molar-refractivity contribution in [3.8, 4) is 5.75 Å². The molecular weight excluding hydrogens is 364 g/mol. The number of amides is 1. The predicted octanol–water partition coefficient (Wildman–Crippen LogP) is 3.41. The van der Waals surface area contributed by atoms with Crippen molar-refractivity contribution in [3.63, 3.8) is 0 Å². The molecule has 1 atom stereocenters. The Hall–Kier alpha value is -3.38. The minimum atomic E-state index is -0.165. The molecule has 1 aliphatic rings. The van der Waals surface area contributed by atoms with E-state index in [9.17, 15) is 9.90 Å². The summed E-state index contributed by atoms with van der Waals surface area (Å²) < 4.78 is 0. The Balaban J connectivity index is 1.31. The van der Waals surface area contributed by atoms with Crippen molar-refractivity contribution < 1.29 is 9.90 Å². The smallest absolute Gasteiger partial charge is 0.257 e. The third-order valence-electron chi connectivity index (χ3n) is 5.06. The first-order valence-electron chi connectivity index (χ1n) is 9.76. The number of rotatable bonds is 6. The van der Waals surface area contributed by atoms with Crippen molar-refractivity contribution in [2.75, 3.05) is 23.3 Å². The molecule has 1 aliphatic heterocycles. The standard InChI is InChI=1S/C23H24N4O2/c28-21-8-4-5-17(13-21)14-24-20-11-12-27(16-20)22-10-9-18(15-25-22)23(29)26-19-6-2-1-3-7-19/h1-10,13,15,20,24,28H,11-12,14,16H2,(H,26,29). The second-order valence-electron chi connectivity index (χ2n) is 7.21. The Morgan fingerprint density at radius 1 is 1.10 bits per heavy atom. The molecule has 2 heterocycles. The van der Waals surface area contributed by atoms with Gasteiger partial charge < -0.3 is 20.6 Å². The van der Waals surface area contributed by atoms with Gasteiger partial charge in [-0.05, 0) is 48.4 Å². The molecule has 148 valence electrons. The van der Waals surface area contributed by atoms with Crippen molar-refractivity contribution in [3.05, 3.63) is 84.1 Å². The van der Waals surface area contributed by atoms with Crippen LogP contribution in [-0.2, 0) is 6.54 Å². The largest absolute Gasteiger partial charge is 0.508 e. The topological polar surface area (TPSA) is 77.5 Å². The summed E-state index contributed by atoms with van der Waals surface area (Å²) >= 11 is 0. The minimum absolute atomic E-state index is 0.165. The van der Waals surface area contributed by atoms with Crippen molar-refractivity contribution in [2.45, 2.75) is 19.0 Å². The van der Waals surface area contributed by atoms with Crippen LogP contribution in [0.15, 0.2) is 72.9 Å². The van der Waals surface area contributed by atoms with Crippen molar-refractivity contribution in [1.29, 1.82) is 0 Å². The Morgan fingerprint density at radius 2 is 1.97 bits per heavy atom. The highest BCUT2D eigenvalue weighted by Gasteiger charge is 2.23. The van der Waals surface area contributed by atoms with Crippen LogP contribution in [0.25, 0.3) is 0 Å². The maximum Gasteiger partial charge on any atom is 0.257 e. The number of carbonyl (C=O) groups is 1. The molecule has 29 heavy (non-hydrogen) atoms. The fourth-order valence-corrected chi connectivity index (χ4v) is 3.50. The van der Waals surface area contributed by atoms with Crippen molar-refractivity contribution in [1.82, 2.24) is 10.3 Å². The van der Waals surface area contributed by atoms with E-state index in [0.717, 1.165) is 43.1 Å². The van der Waals surface area contributed by atoms with Gasteiger partial charge in [0.1, 0.15) is 11.6 Å². The third-order valence-corrected chi connectivity index (χ3v) is 5.06. The number of nitrogens with zero attached hydrogens (tertiary/aromatic N) is 2. The maximum absolute atomic E-state index is 12.4. The molecule has 0 spiro atoms. The lowest BCUT2D eigenvalue weighted by Gasteiger charge is -2.18. The van der Waals surface area contributed by atoms with E-state index in [1.54, 1.807) is 18.3 Å². The highest BCUT2D eigenvalue weighted by molar-refractivity contribution is 6.04. The molecule has 1 aromatic heterocycles. The third kappa shape index (κ3) is 4.92. The summed E-state index contributed by atoms with van der Waals surface area (Å²) in [5, 5.41) is 16.0. The average molecular weight is 388 g/mol. The van der Waals surface area contributed by atoms with Crippen LogP contribution in [0, 0.1) is 0 Å². The number of nitrogens with one attached hydrogen (secondary N) is 2. The summed E-state index contributed by atoms with van der Waals surface area (Å²) in [4.78, 5) is 19.1. The van der Waals surface area contributed by atoms with Crippen LogP contribution in [0.2, 0.25) is 0 Å². The van der Waals surface area contributed by atoms with Gasteiger partial charge in [-0.15, -0.1) is 0 Å². The van der Waals surface area contributed by atoms with Gasteiger partial charge in [0.2, 0.25) is 0 Å². The van der Waals surface area contributed by atoms with E-state index in [-0.39, 0.29) is 11.7 Å². The number of pyridine rings is 1. The first-order chi connectivity index (χ1) is 14.2. The second-order valence-corrected chi connectivity index (χ2v) is 7.21. The zero-order chi connectivity index (χ0) is 20.1. The van der Waals surface area contributed by atoms with E-state index in [1.807, 2.05) is 54.6 Å². The summed E-state index contributed by atoms with van der Waals surface area (Å²) in [6, 6.07) is 20.8. The van der Waals surface area contributed by atoms with Crippen LogP contribution in [0.3, 0.4) is 0 Å². The number of carbonyl (C=O) groups excluding carboxylic acids is 1. The van der Waals surface area contributed by atoms with Crippen LogP contribution in [-0.4, -0.2) is 35.1 Å². The molecule has 0 saturated carbocycles. The summed E-state index contributed by atoms with van der Waals surface area (Å²) in [7, 11) is 0. The highest BCUT2D eigenvalue weighted by atomic mass is 16.3. The Bertz CT molecular complexity index is 960. The zero-order valence-electron chi connectivity index (χ0n) is 16.1. The first kappa shape index (κ1) is 19.0. The molecule has 0 bridgehead atoms. The van der Waals surface area contributed by atoms with Crippen molar-refractivity contribution in [2.24, 2.45) is 0 Å². The maximum atomic E-state index is 12.4. The number of para-hydroxylation sites is 1. The van der Waals surface area contributed by atoms with Gasteiger partial charge in [-0.2, -0.15) is 0 Å². The SMILES string of the molecule is O=C(Nc1ccccc1)c1ccc(N2CCC(NCc3cccc(O)c3)C2)nc1. The Labute approximate surface area is 170 Å². The number of benzene rings is 2. The van der Waals surface area contributed by atoms with E-state index in [2.05, 4.69) is 20.5 Å². The van der Waals surface area contributed by atoms with E-state index in [1.165, 1.54) is 0 Å². The van der Waals surface area contributed by atoms with E-state index in [0.29, 0.717) is 11.6 Å². The van der Waals surface area contributed by atoms with Crippen LogP contribution in [0.5, 0.6) is 5.75 Å². The van der Waals surface area contributed by atoms with Gasteiger partial charge in [0.05, 0.1) is 5.56 Å². The predicted molar refractivity (Wildman–Crippen MR) is 114 cm³/mol. The molecule has 3 N–H and O–H groups in total. The molecule has 0 aliphatic carbocycles. The summed E-state index contributed by atoms with van der Waals surface area (Å²) in [6.07, 6.45) is 2.65. The van der Waals surface area contributed by atoms with Gasteiger partial charge in [0, 0.05) is 37.6 Å². The second kappa shape index (κ2) is 8.75. The average Bonchev–Trinajstić information content (AvgIpc) is 3.22. The van der Waals surface area contributed by atoms with Crippen LogP contribution in [0.1, 0.15) is 22.3 Å². The first-order valence-corrected chi connectivity index (χ1v) is 9.76. The number of phenols is 1. The molecule has 1 saturated heterocycles.